The number of fused-ring (bicyclic) bond motifs is 1. The molecule has 0 bridgehead atoms. The molecule has 0 saturated carbocycles. The van der Waals surface area contributed by atoms with E-state index in [1.807, 2.05) is 25.0 Å². The fourth-order valence-electron chi connectivity index (χ4n) is 2.19. The third-order valence-corrected chi connectivity index (χ3v) is 3.21. The van der Waals surface area contributed by atoms with Crippen molar-refractivity contribution in [2.45, 2.75) is 19.9 Å². The van der Waals surface area contributed by atoms with E-state index in [9.17, 15) is 4.79 Å². The molecule has 18 heavy (non-hydrogen) atoms. The summed E-state index contributed by atoms with van der Waals surface area (Å²) in [4.78, 5) is 15.6. The van der Waals surface area contributed by atoms with Gasteiger partial charge < -0.3 is 9.07 Å². The average molecular weight is 241 g/mol. The lowest BCUT2D eigenvalue weighted by Crippen LogP contribution is -2.24. The minimum absolute atomic E-state index is 0.0565. The zero-order valence-corrected chi connectivity index (χ0v) is 10.1. The van der Waals surface area contributed by atoms with Crippen LogP contribution in [-0.2, 0) is 17.7 Å². The lowest BCUT2D eigenvalue weighted by atomic mass is 9.64. The molecule has 0 radical (unpaired) electrons. The summed E-state index contributed by atoms with van der Waals surface area (Å²) in [6.07, 6.45) is 3.04. The number of hydrogen-bond acceptors (Lipinski definition) is 4. The number of oxazole rings is 1. The van der Waals surface area contributed by atoms with Gasteiger partial charge in [0.25, 0.3) is 0 Å². The minimum atomic E-state index is -0.0565. The second-order valence-electron chi connectivity index (χ2n) is 4.45. The molecule has 2 heterocycles. The maximum Gasteiger partial charge on any atom is 0.324 e. The van der Waals surface area contributed by atoms with E-state index in [-0.39, 0.29) is 12.7 Å². The number of aromatic nitrogens is 1. The quantitative estimate of drug-likeness (QED) is 0.603. The Labute approximate surface area is 105 Å². The molecule has 0 unspecified atom stereocenters. The van der Waals surface area contributed by atoms with Crippen molar-refractivity contribution in [3.05, 3.63) is 47.7 Å². The highest BCUT2D eigenvalue weighted by Gasteiger charge is 2.23. The molecular formula is C13H12BNO3. The molecule has 0 aliphatic carbocycles. The van der Waals surface area contributed by atoms with Gasteiger partial charge in [-0.1, -0.05) is 25.0 Å². The van der Waals surface area contributed by atoms with Gasteiger partial charge in [0.2, 0.25) is 5.78 Å². The summed E-state index contributed by atoms with van der Waals surface area (Å²) in [6.45, 7) is 2.79. The highest BCUT2D eigenvalue weighted by molar-refractivity contribution is 6.67. The number of carbonyl (C=O) groups is 1. The van der Waals surface area contributed by atoms with Gasteiger partial charge in [0, 0.05) is 6.42 Å². The third kappa shape index (κ3) is 1.97. The van der Waals surface area contributed by atoms with E-state index < -0.39 is 0 Å². The summed E-state index contributed by atoms with van der Waals surface area (Å²) in [6, 6.07) is 6.04. The highest BCUT2D eigenvalue weighted by Crippen LogP contribution is 2.14. The van der Waals surface area contributed by atoms with Crippen LogP contribution in [0, 0.1) is 0 Å². The Morgan fingerprint density at radius 3 is 3.17 bits per heavy atom. The summed E-state index contributed by atoms with van der Waals surface area (Å²) in [5, 5.41) is 0. The lowest BCUT2D eigenvalue weighted by Gasteiger charge is -2.03. The van der Waals surface area contributed by atoms with Gasteiger partial charge in [-0.2, -0.15) is 0 Å². The van der Waals surface area contributed by atoms with Gasteiger partial charge in [-0.15, -0.1) is 0 Å². The van der Waals surface area contributed by atoms with Crippen LogP contribution in [0.3, 0.4) is 0 Å². The number of hydrogen-bond donors (Lipinski definition) is 0. The fourth-order valence-corrected chi connectivity index (χ4v) is 2.19. The number of nitrogens with zero attached hydrogens (tertiary/aromatic N) is 1. The number of Topliss-reactive ketones (excluding diaryl/α,β-unsaturated/α-hetero) is 1. The molecule has 1 aromatic carbocycles. The largest absolute Gasteiger partial charge is 0.440 e. The van der Waals surface area contributed by atoms with Crippen LogP contribution in [0.25, 0.3) is 0 Å². The van der Waals surface area contributed by atoms with Crippen LogP contribution >= 0.6 is 0 Å². The predicted octanol–water partition coefficient (Wildman–Crippen LogP) is 1.46. The molecule has 1 aromatic heterocycles. The van der Waals surface area contributed by atoms with Crippen molar-refractivity contribution in [2.24, 2.45) is 0 Å². The van der Waals surface area contributed by atoms with E-state index in [4.69, 9.17) is 9.07 Å². The Kier molecular flexibility index (Phi) is 2.76. The molecule has 0 atom stereocenters. The molecule has 5 heteroatoms. The van der Waals surface area contributed by atoms with Crippen molar-refractivity contribution in [1.82, 2.24) is 4.98 Å². The van der Waals surface area contributed by atoms with E-state index >= 15 is 0 Å². The molecule has 0 fully saturated rings. The van der Waals surface area contributed by atoms with Crippen LogP contribution in [0.5, 0.6) is 0 Å². The third-order valence-electron chi connectivity index (χ3n) is 3.21. The molecule has 90 valence electrons. The molecule has 0 N–H and O–H groups in total. The van der Waals surface area contributed by atoms with Gasteiger partial charge in [0.05, 0.1) is 12.8 Å². The molecule has 1 aliphatic rings. The van der Waals surface area contributed by atoms with E-state index in [1.165, 1.54) is 23.6 Å². The standard InChI is InChI=1S/C13H12BNO3/c1-14-11-4-9(2-3-10(11)7-18-14)5-12(16)13-6-15-8-17-13/h2-4,6,8H,5,7H2,1H3. The summed E-state index contributed by atoms with van der Waals surface area (Å²) >= 11 is 0. The van der Waals surface area contributed by atoms with Crippen molar-refractivity contribution < 1.29 is 13.9 Å². The topological polar surface area (TPSA) is 52.3 Å². The summed E-state index contributed by atoms with van der Waals surface area (Å²) in [5.74, 6) is 0.249. The van der Waals surface area contributed by atoms with Crippen molar-refractivity contribution >= 4 is 18.2 Å². The monoisotopic (exact) mass is 241 g/mol. The van der Waals surface area contributed by atoms with E-state index in [2.05, 4.69) is 4.98 Å². The van der Waals surface area contributed by atoms with E-state index in [0.717, 1.165) is 5.56 Å². The molecule has 0 saturated heterocycles. The Morgan fingerprint density at radius 1 is 1.50 bits per heavy atom. The molecule has 0 spiro atoms. The Bertz CT molecular complexity index is 580. The van der Waals surface area contributed by atoms with Gasteiger partial charge in [0.15, 0.2) is 12.2 Å². The molecular weight excluding hydrogens is 229 g/mol. The van der Waals surface area contributed by atoms with Gasteiger partial charge in [-0.05, 0) is 16.6 Å². The van der Waals surface area contributed by atoms with Crippen molar-refractivity contribution in [2.75, 3.05) is 0 Å². The molecule has 3 rings (SSSR count). The van der Waals surface area contributed by atoms with Crippen LogP contribution in [0.15, 0.2) is 35.2 Å². The zero-order chi connectivity index (χ0) is 12.5. The lowest BCUT2D eigenvalue weighted by molar-refractivity contribution is 0.0966. The van der Waals surface area contributed by atoms with Crippen LogP contribution in [-0.4, -0.2) is 17.7 Å². The first-order valence-electron chi connectivity index (χ1n) is 5.89. The van der Waals surface area contributed by atoms with Crippen LogP contribution < -0.4 is 5.46 Å². The second kappa shape index (κ2) is 4.42. The maximum atomic E-state index is 11.9. The van der Waals surface area contributed by atoms with Crippen molar-refractivity contribution in [1.29, 1.82) is 0 Å². The van der Waals surface area contributed by atoms with Crippen molar-refractivity contribution in [3.8, 4) is 0 Å². The minimum Gasteiger partial charge on any atom is -0.440 e. The van der Waals surface area contributed by atoms with Gasteiger partial charge in [0.1, 0.15) is 0 Å². The summed E-state index contributed by atoms with van der Waals surface area (Å²) < 4.78 is 10.5. The normalized spacial score (nSPS) is 13.7. The Hall–Kier alpha value is -1.88. The van der Waals surface area contributed by atoms with Gasteiger partial charge in [-0.3, -0.25) is 4.79 Å². The number of ketones is 1. The predicted molar refractivity (Wildman–Crippen MR) is 67.0 cm³/mol. The fraction of sp³-hybridized carbons (Fsp3) is 0.231. The molecule has 0 amide bonds. The van der Waals surface area contributed by atoms with Gasteiger partial charge in [-0.25, -0.2) is 4.98 Å². The van der Waals surface area contributed by atoms with E-state index in [0.29, 0.717) is 18.8 Å². The first-order valence-corrected chi connectivity index (χ1v) is 5.89. The number of benzene rings is 1. The van der Waals surface area contributed by atoms with E-state index in [1.54, 1.807) is 0 Å². The summed E-state index contributed by atoms with van der Waals surface area (Å²) in [5.41, 5.74) is 3.36. The van der Waals surface area contributed by atoms with Crippen molar-refractivity contribution in [3.63, 3.8) is 0 Å². The Balaban J connectivity index is 1.82. The first-order chi connectivity index (χ1) is 8.74. The smallest absolute Gasteiger partial charge is 0.324 e. The summed E-state index contributed by atoms with van der Waals surface area (Å²) in [7, 11) is 0. The maximum absolute atomic E-state index is 11.9. The number of rotatable bonds is 3. The average Bonchev–Trinajstić information content (AvgIpc) is 3.00. The molecule has 4 nitrogen and oxygen atoms in total. The van der Waals surface area contributed by atoms with Crippen LogP contribution in [0.2, 0.25) is 6.82 Å². The van der Waals surface area contributed by atoms with Crippen LogP contribution in [0.4, 0.5) is 0 Å². The SMILES string of the molecule is CB1OCc2ccc(CC(=O)c3cnco3)cc21. The Morgan fingerprint density at radius 2 is 2.39 bits per heavy atom. The highest BCUT2D eigenvalue weighted by atomic mass is 16.4. The van der Waals surface area contributed by atoms with Crippen LogP contribution in [0.1, 0.15) is 21.7 Å². The molecule has 2 aromatic rings. The van der Waals surface area contributed by atoms with Gasteiger partial charge >= 0.3 is 6.92 Å². The number of carbonyl (C=O) groups excluding carboxylic acids is 1. The second-order valence-corrected chi connectivity index (χ2v) is 4.45. The molecule has 1 aliphatic heterocycles. The first kappa shape index (κ1) is 11.2. The zero-order valence-electron chi connectivity index (χ0n) is 10.1.